The van der Waals surface area contributed by atoms with Gasteiger partial charge in [0.15, 0.2) is 9.84 Å². The summed E-state index contributed by atoms with van der Waals surface area (Å²) in [5, 5.41) is 2.47. The molecule has 1 aliphatic heterocycles. The van der Waals surface area contributed by atoms with Gasteiger partial charge in [0.2, 0.25) is 0 Å². The Hall–Kier alpha value is -0.940. The average Bonchev–Trinajstić information content (AvgIpc) is 2.71. The summed E-state index contributed by atoms with van der Waals surface area (Å²) in [7, 11) is -3.51. The Morgan fingerprint density at radius 3 is 2.67 bits per heavy atom. The fourth-order valence-electron chi connectivity index (χ4n) is 1.75. The van der Waals surface area contributed by atoms with E-state index in [1.54, 1.807) is 6.07 Å². The van der Waals surface area contributed by atoms with Gasteiger partial charge in [-0.15, -0.1) is 0 Å². The van der Waals surface area contributed by atoms with Crippen LogP contribution in [0.5, 0.6) is 0 Å². The van der Waals surface area contributed by atoms with Crippen LogP contribution in [0.2, 0.25) is 0 Å². The van der Waals surface area contributed by atoms with Crippen molar-refractivity contribution in [3.63, 3.8) is 0 Å². The van der Waals surface area contributed by atoms with Crippen LogP contribution >= 0.6 is 0 Å². The highest BCUT2D eigenvalue weighted by Gasteiger charge is 2.31. The third-order valence-corrected chi connectivity index (χ3v) is 4.82. The number of hydrogen-bond donors (Lipinski definition) is 1. The second-order valence-electron chi connectivity index (χ2n) is 3.59. The molecule has 0 unspecified atom stereocenters. The minimum Gasteiger partial charge on any atom is -0.315 e. The van der Waals surface area contributed by atoms with Crippen LogP contribution < -0.4 is 5.32 Å². The summed E-state index contributed by atoms with van der Waals surface area (Å²) in [5.74, 6) is -0.663. The van der Waals surface area contributed by atoms with Gasteiger partial charge in [-0.3, -0.25) is 0 Å². The standard InChI is InChI=1S/C10H12FNO2S/c11-9-3-1-2-4-10(9)15(13,14)8-5-6-12-7-8/h1-4,8,12H,5-7H2/t8-/m0/s1. The third-order valence-electron chi connectivity index (χ3n) is 2.60. The normalized spacial score (nSPS) is 21.8. The van der Waals surface area contributed by atoms with Gasteiger partial charge < -0.3 is 5.32 Å². The molecule has 82 valence electrons. The molecule has 1 fully saturated rings. The maximum Gasteiger partial charge on any atom is 0.185 e. The molecular weight excluding hydrogens is 217 g/mol. The van der Waals surface area contributed by atoms with Gasteiger partial charge in [-0.05, 0) is 25.1 Å². The van der Waals surface area contributed by atoms with E-state index in [1.807, 2.05) is 0 Å². The van der Waals surface area contributed by atoms with E-state index in [9.17, 15) is 12.8 Å². The zero-order valence-corrected chi connectivity index (χ0v) is 8.93. The van der Waals surface area contributed by atoms with Gasteiger partial charge in [0, 0.05) is 6.54 Å². The lowest BCUT2D eigenvalue weighted by Gasteiger charge is -2.10. The SMILES string of the molecule is O=S(=O)(c1ccccc1F)[C@H]1CCNC1. The van der Waals surface area contributed by atoms with Crippen LogP contribution in [0.1, 0.15) is 6.42 Å². The average molecular weight is 229 g/mol. The fourth-order valence-corrected chi connectivity index (χ4v) is 3.48. The Bertz CT molecular complexity index is 452. The first kappa shape index (κ1) is 10.6. The summed E-state index contributed by atoms with van der Waals surface area (Å²) in [6.07, 6.45) is 0.552. The van der Waals surface area contributed by atoms with E-state index in [0.29, 0.717) is 19.5 Å². The Morgan fingerprint density at radius 2 is 2.07 bits per heavy atom. The van der Waals surface area contributed by atoms with Gasteiger partial charge >= 0.3 is 0 Å². The summed E-state index contributed by atoms with van der Waals surface area (Å²) in [5.41, 5.74) is 0. The lowest BCUT2D eigenvalue weighted by atomic mass is 10.3. The molecule has 15 heavy (non-hydrogen) atoms. The first-order chi connectivity index (χ1) is 7.12. The van der Waals surface area contributed by atoms with Crippen LogP contribution in [0.4, 0.5) is 4.39 Å². The molecule has 1 aromatic carbocycles. The largest absolute Gasteiger partial charge is 0.315 e. The van der Waals surface area contributed by atoms with Crippen molar-refractivity contribution in [3.05, 3.63) is 30.1 Å². The van der Waals surface area contributed by atoms with Crippen molar-refractivity contribution in [2.75, 3.05) is 13.1 Å². The predicted octanol–water partition coefficient (Wildman–Crippen LogP) is 0.961. The van der Waals surface area contributed by atoms with E-state index >= 15 is 0 Å². The number of halogens is 1. The van der Waals surface area contributed by atoms with Crippen LogP contribution in [-0.2, 0) is 9.84 Å². The molecule has 0 aliphatic carbocycles. The highest BCUT2D eigenvalue weighted by molar-refractivity contribution is 7.92. The van der Waals surface area contributed by atoms with Crippen LogP contribution in [0.15, 0.2) is 29.2 Å². The molecule has 0 aromatic heterocycles. The molecular formula is C10H12FNO2S. The van der Waals surface area contributed by atoms with Gasteiger partial charge in [-0.1, -0.05) is 12.1 Å². The van der Waals surface area contributed by atoms with Gasteiger partial charge in [0.1, 0.15) is 10.7 Å². The molecule has 2 rings (SSSR count). The predicted molar refractivity (Wildman–Crippen MR) is 54.9 cm³/mol. The summed E-state index contributed by atoms with van der Waals surface area (Å²) >= 11 is 0. The maximum absolute atomic E-state index is 13.3. The highest BCUT2D eigenvalue weighted by Crippen LogP contribution is 2.22. The Labute approximate surface area is 88.2 Å². The third kappa shape index (κ3) is 1.89. The first-order valence-electron chi connectivity index (χ1n) is 4.81. The molecule has 0 saturated carbocycles. The monoisotopic (exact) mass is 229 g/mol. The number of sulfone groups is 1. The fraction of sp³-hybridized carbons (Fsp3) is 0.400. The van der Waals surface area contributed by atoms with E-state index in [2.05, 4.69) is 5.32 Å². The molecule has 1 aromatic rings. The van der Waals surface area contributed by atoms with Gasteiger partial charge in [-0.25, -0.2) is 12.8 Å². The molecule has 0 bridgehead atoms. The van der Waals surface area contributed by atoms with Crippen molar-refractivity contribution in [2.45, 2.75) is 16.6 Å². The van der Waals surface area contributed by atoms with Crippen LogP contribution in [0, 0.1) is 5.82 Å². The van der Waals surface area contributed by atoms with E-state index in [-0.39, 0.29) is 4.90 Å². The van der Waals surface area contributed by atoms with Crippen molar-refractivity contribution in [1.29, 1.82) is 0 Å². The lowest BCUT2D eigenvalue weighted by molar-refractivity contribution is 0.558. The van der Waals surface area contributed by atoms with Crippen LogP contribution in [-0.4, -0.2) is 26.8 Å². The van der Waals surface area contributed by atoms with Crippen LogP contribution in [0.3, 0.4) is 0 Å². The highest BCUT2D eigenvalue weighted by atomic mass is 32.2. The van der Waals surface area contributed by atoms with E-state index in [0.717, 1.165) is 0 Å². The molecule has 5 heteroatoms. The number of hydrogen-bond acceptors (Lipinski definition) is 3. The number of nitrogens with one attached hydrogen (secondary N) is 1. The summed E-state index contributed by atoms with van der Waals surface area (Å²) < 4.78 is 37.3. The minimum absolute atomic E-state index is 0.182. The van der Waals surface area contributed by atoms with Crippen molar-refractivity contribution in [3.8, 4) is 0 Å². The Balaban J connectivity index is 2.41. The summed E-state index contributed by atoms with van der Waals surface area (Å²) in [6, 6.07) is 5.53. The number of benzene rings is 1. The molecule has 1 atom stereocenters. The van der Waals surface area contributed by atoms with Crippen molar-refractivity contribution in [2.24, 2.45) is 0 Å². The van der Waals surface area contributed by atoms with Crippen molar-refractivity contribution < 1.29 is 12.8 Å². The molecule has 1 heterocycles. The minimum atomic E-state index is -3.51. The quantitative estimate of drug-likeness (QED) is 0.821. The van der Waals surface area contributed by atoms with E-state index in [1.165, 1.54) is 18.2 Å². The first-order valence-corrected chi connectivity index (χ1v) is 6.36. The molecule has 0 amide bonds. The smallest absolute Gasteiger partial charge is 0.185 e. The molecule has 3 nitrogen and oxygen atoms in total. The molecule has 0 radical (unpaired) electrons. The van der Waals surface area contributed by atoms with Gasteiger partial charge in [-0.2, -0.15) is 0 Å². The van der Waals surface area contributed by atoms with E-state index < -0.39 is 20.9 Å². The zero-order chi connectivity index (χ0) is 10.9. The Kier molecular flexibility index (Phi) is 2.75. The molecule has 1 N–H and O–H groups in total. The molecule has 1 aliphatic rings. The number of rotatable bonds is 2. The van der Waals surface area contributed by atoms with Crippen molar-refractivity contribution in [1.82, 2.24) is 5.32 Å². The van der Waals surface area contributed by atoms with E-state index in [4.69, 9.17) is 0 Å². The molecule has 0 spiro atoms. The zero-order valence-electron chi connectivity index (χ0n) is 8.11. The van der Waals surface area contributed by atoms with Gasteiger partial charge in [0.25, 0.3) is 0 Å². The molecule has 1 saturated heterocycles. The second-order valence-corrected chi connectivity index (χ2v) is 5.79. The summed E-state index contributed by atoms with van der Waals surface area (Å²) in [6.45, 7) is 1.09. The lowest BCUT2D eigenvalue weighted by Crippen LogP contribution is -2.24. The van der Waals surface area contributed by atoms with Gasteiger partial charge in [0.05, 0.1) is 5.25 Å². The summed E-state index contributed by atoms with van der Waals surface area (Å²) in [4.78, 5) is -0.182. The maximum atomic E-state index is 13.3. The Morgan fingerprint density at radius 1 is 1.33 bits per heavy atom. The van der Waals surface area contributed by atoms with Crippen LogP contribution in [0.25, 0.3) is 0 Å². The van der Waals surface area contributed by atoms with Crippen molar-refractivity contribution >= 4 is 9.84 Å². The second kappa shape index (κ2) is 3.90. The topological polar surface area (TPSA) is 46.2 Å².